The van der Waals surface area contributed by atoms with E-state index in [2.05, 4.69) is 20.9 Å². The van der Waals surface area contributed by atoms with Gasteiger partial charge in [0.25, 0.3) is 0 Å². The lowest BCUT2D eigenvalue weighted by Gasteiger charge is -2.08. The van der Waals surface area contributed by atoms with E-state index >= 15 is 0 Å². The summed E-state index contributed by atoms with van der Waals surface area (Å²) in [6, 6.07) is 6.12. The zero-order valence-corrected chi connectivity index (χ0v) is 12.2. The van der Waals surface area contributed by atoms with Crippen molar-refractivity contribution in [1.29, 1.82) is 0 Å². The quantitative estimate of drug-likeness (QED) is 0.615. The maximum Gasteiger partial charge on any atom is 0.182 e. The molecular formula is C13H6BrF3N2S. The van der Waals surface area contributed by atoms with E-state index in [1.165, 1.54) is 18.2 Å². The Morgan fingerprint density at radius 2 is 1.70 bits per heavy atom. The molecule has 0 aliphatic rings. The number of imidazole rings is 1. The Morgan fingerprint density at radius 1 is 1.05 bits per heavy atom. The monoisotopic (exact) mass is 358 g/mol. The third-order valence-corrected chi connectivity index (χ3v) is 3.59. The Morgan fingerprint density at radius 3 is 2.35 bits per heavy atom. The van der Waals surface area contributed by atoms with Crippen molar-refractivity contribution < 1.29 is 13.2 Å². The Hall–Kier alpha value is -1.60. The number of nitrogens with zero attached hydrogens (tertiary/aromatic N) is 1. The van der Waals surface area contributed by atoms with Crippen LogP contribution in [0.15, 0.2) is 34.8 Å². The molecule has 1 heterocycles. The highest BCUT2D eigenvalue weighted by atomic mass is 79.9. The van der Waals surface area contributed by atoms with Crippen LogP contribution >= 0.6 is 28.1 Å². The van der Waals surface area contributed by atoms with Crippen LogP contribution in [0.3, 0.4) is 0 Å². The predicted molar refractivity (Wildman–Crippen MR) is 76.0 cm³/mol. The second-order valence-electron chi connectivity index (χ2n) is 4.15. The van der Waals surface area contributed by atoms with Gasteiger partial charge in [0, 0.05) is 10.5 Å². The average Bonchev–Trinajstić information content (AvgIpc) is 2.65. The summed E-state index contributed by atoms with van der Waals surface area (Å²) in [5, 5.41) is 0. The van der Waals surface area contributed by atoms with E-state index in [0.717, 1.165) is 16.7 Å². The summed E-state index contributed by atoms with van der Waals surface area (Å²) in [6.45, 7) is 0. The standard InChI is InChI=1S/C13H6BrF3N2S/c14-6-3-8(16)12(9(17)4-6)19-11-5-7(15)1-2-10(11)18-13(19)20/h1-5H,(H,18,20). The molecule has 0 spiro atoms. The number of hydrogen-bond donors (Lipinski definition) is 1. The summed E-state index contributed by atoms with van der Waals surface area (Å²) in [5.74, 6) is -2.10. The van der Waals surface area contributed by atoms with Gasteiger partial charge in [-0.1, -0.05) is 15.9 Å². The molecule has 0 radical (unpaired) electrons. The number of hydrogen-bond acceptors (Lipinski definition) is 1. The second-order valence-corrected chi connectivity index (χ2v) is 5.45. The maximum absolute atomic E-state index is 14.0. The van der Waals surface area contributed by atoms with E-state index in [0.29, 0.717) is 5.52 Å². The minimum atomic E-state index is -0.793. The molecule has 102 valence electrons. The smallest absolute Gasteiger partial charge is 0.182 e. The first kappa shape index (κ1) is 13.4. The minimum Gasteiger partial charge on any atom is -0.330 e. The van der Waals surface area contributed by atoms with Gasteiger partial charge in [0.1, 0.15) is 11.5 Å². The number of halogens is 4. The Kier molecular flexibility index (Phi) is 3.18. The fourth-order valence-corrected chi connectivity index (χ4v) is 2.75. The number of aromatic amines is 1. The van der Waals surface area contributed by atoms with Gasteiger partial charge in [-0.3, -0.25) is 4.57 Å². The Bertz CT molecular complexity index is 862. The van der Waals surface area contributed by atoms with Crippen LogP contribution in [0.4, 0.5) is 13.2 Å². The van der Waals surface area contributed by atoms with Crippen LogP contribution < -0.4 is 0 Å². The van der Waals surface area contributed by atoms with Crippen molar-refractivity contribution in [3.05, 3.63) is 57.0 Å². The zero-order valence-electron chi connectivity index (χ0n) is 9.75. The number of rotatable bonds is 1. The molecule has 0 aliphatic heterocycles. The van der Waals surface area contributed by atoms with Gasteiger partial charge in [-0.15, -0.1) is 0 Å². The number of fused-ring (bicyclic) bond motifs is 1. The molecule has 0 atom stereocenters. The fourth-order valence-electron chi connectivity index (χ4n) is 2.05. The molecule has 7 heteroatoms. The first-order valence-electron chi connectivity index (χ1n) is 5.52. The molecule has 0 aliphatic carbocycles. The third kappa shape index (κ3) is 2.06. The van der Waals surface area contributed by atoms with Crippen LogP contribution in [-0.2, 0) is 0 Å². The van der Waals surface area contributed by atoms with Crippen molar-refractivity contribution in [2.45, 2.75) is 0 Å². The van der Waals surface area contributed by atoms with E-state index < -0.39 is 17.5 Å². The Balaban J connectivity index is 2.44. The molecule has 0 saturated carbocycles. The molecule has 0 fully saturated rings. The normalized spacial score (nSPS) is 11.2. The highest BCUT2D eigenvalue weighted by molar-refractivity contribution is 9.10. The summed E-state index contributed by atoms with van der Waals surface area (Å²) in [4.78, 5) is 2.79. The number of benzene rings is 2. The lowest BCUT2D eigenvalue weighted by atomic mass is 10.2. The molecule has 1 aromatic heterocycles. The summed E-state index contributed by atoms with van der Waals surface area (Å²) >= 11 is 8.08. The number of nitrogens with one attached hydrogen (secondary N) is 1. The van der Waals surface area contributed by atoms with Crippen LogP contribution in [-0.4, -0.2) is 9.55 Å². The van der Waals surface area contributed by atoms with E-state index in [4.69, 9.17) is 12.2 Å². The molecule has 0 bridgehead atoms. The zero-order chi connectivity index (χ0) is 14.4. The fraction of sp³-hybridized carbons (Fsp3) is 0. The number of H-pyrrole nitrogens is 1. The molecule has 0 amide bonds. The lowest BCUT2D eigenvalue weighted by molar-refractivity contribution is 0.568. The van der Waals surface area contributed by atoms with Gasteiger partial charge < -0.3 is 4.98 Å². The first-order valence-corrected chi connectivity index (χ1v) is 6.72. The molecule has 0 saturated heterocycles. The van der Waals surface area contributed by atoms with Crippen molar-refractivity contribution >= 4 is 39.2 Å². The van der Waals surface area contributed by atoms with Crippen molar-refractivity contribution in [2.24, 2.45) is 0 Å². The van der Waals surface area contributed by atoms with Gasteiger partial charge in [-0.25, -0.2) is 13.2 Å². The molecule has 2 aromatic carbocycles. The van der Waals surface area contributed by atoms with E-state index in [9.17, 15) is 13.2 Å². The summed E-state index contributed by atoms with van der Waals surface area (Å²) in [6.07, 6.45) is 0. The van der Waals surface area contributed by atoms with Gasteiger partial charge in [0.05, 0.1) is 11.0 Å². The predicted octanol–water partition coefficient (Wildman–Crippen LogP) is 4.87. The van der Waals surface area contributed by atoms with Crippen molar-refractivity contribution in [3.63, 3.8) is 0 Å². The summed E-state index contributed by atoms with van der Waals surface area (Å²) in [7, 11) is 0. The van der Waals surface area contributed by atoms with E-state index in [1.54, 1.807) is 0 Å². The van der Waals surface area contributed by atoms with Crippen LogP contribution in [0.5, 0.6) is 0 Å². The van der Waals surface area contributed by atoms with Gasteiger partial charge in [0.2, 0.25) is 0 Å². The molecule has 20 heavy (non-hydrogen) atoms. The highest BCUT2D eigenvalue weighted by Gasteiger charge is 2.16. The van der Waals surface area contributed by atoms with Crippen LogP contribution in [0.1, 0.15) is 0 Å². The molecular weight excluding hydrogens is 353 g/mol. The molecule has 1 N–H and O–H groups in total. The van der Waals surface area contributed by atoms with Crippen molar-refractivity contribution in [3.8, 4) is 5.69 Å². The second kappa shape index (κ2) is 4.75. The van der Waals surface area contributed by atoms with Crippen LogP contribution in [0.2, 0.25) is 0 Å². The summed E-state index contributed by atoms with van der Waals surface area (Å²) < 4.78 is 42.9. The van der Waals surface area contributed by atoms with Crippen molar-refractivity contribution in [2.75, 3.05) is 0 Å². The maximum atomic E-state index is 14.0. The topological polar surface area (TPSA) is 20.7 Å². The van der Waals surface area contributed by atoms with E-state index in [-0.39, 0.29) is 20.4 Å². The highest BCUT2D eigenvalue weighted by Crippen LogP contribution is 2.27. The van der Waals surface area contributed by atoms with E-state index in [1.807, 2.05) is 0 Å². The van der Waals surface area contributed by atoms with Crippen molar-refractivity contribution in [1.82, 2.24) is 9.55 Å². The van der Waals surface area contributed by atoms with Gasteiger partial charge in [-0.2, -0.15) is 0 Å². The van der Waals surface area contributed by atoms with Gasteiger partial charge in [-0.05, 0) is 36.5 Å². The molecule has 3 aromatic rings. The first-order chi connectivity index (χ1) is 9.47. The third-order valence-electron chi connectivity index (χ3n) is 2.85. The SMILES string of the molecule is Fc1ccc2[nH]c(=S)n(-c3c(F)cc(Br)cc3F)c2c1. The average molecular weight is 359 g/mol. The Labute approximate surface area is 125 Å². The van der Waals surface area contributed by atoms with Gasteiger partial charge >= 0.3 is 0 Å². The van der Waals surface area contributed by atoms with Crippen LogP contribution in [0, 0.1) is 22.2 Å². The van der Waals surface area contributed by atoms with Crippen LogP contribution in [0.25, 0.3) is 16.7 Å². The lowest BCUT2D eigenvalue weighted by Crippen LogP contribution is -2.02. The minimum absolute atomic E-state index is 0.0886. The molecule has 3 rings (SSSR count). The molecule has 0 unspecified atom stereocenters. The van der Waals surface area contributed by atoms with Gasteiger partial charge in [0.15, 0.2) is 16.4 Å². The number of aromatic nitrogens is 2. The molecule has 2 nitrogen and oxygen atoms in total. The largest absolute Gasteiger partial charge is 0.330 e. The summed E-state index contributed by atoms with van der Waals surface area (Å²) in [5.41, 5.74) is 0.434.